The van der Waals surface area contributed by atoms with Crippen molar-refractivity contribution in [3.63, 3.8) is 0 Å². The maximum Gasteiger partial charge on any atom is 0.128 e. The van der Waals surface area contributed by atoms with E-state index in [9.17, 15) is 4.79 Å². The second-order valence-corrected chi connectivity index (χ2v) is 4.28. The third-order valence-electron chi connectivity index (χ3n) is 2.01. The first-order valence-corrected chi connectivity index (χ1v) is 6.07. The largest absolute Gasteiger partial charge is 0.491 e. The lowest BCUT2D eigenvalue weighted by molar-refractivity contribution is -0.108. The molecule has 0 fully saturated rings. The van der Waals surface area contributed by atoms with Crippen molar-refractivity contribution in [3.8, 4) is 5.75 Å². The van der Waals surface area contributed by atoms with Gasteiger partial charge in [0.15, 0.2) is 0 Å². The maximum absolute atomic E-state index is 10.7. The van der Waals surface area contributed by atoms with E-state index in [1.54, 1.807) is 0 Å². The van der Waals surface area contributed by atoms with Gasteiger partial charge in [0.05, 0.1) is 6.10 Å². The maximum atomic E-state index is 10.7. The normalized spacial score (nSPS) is 12.5. The number of benzene rings is 1. The minimum absolute atomic E-state index is 0.0712. The number of halogens is 1. The molecule has 1 rings (SSSR count). The van der Waals surface area contributed by atoms with Crippen LogP contribution in [0.15, 0.2) is 24.3 Å². The van der Waals surface area contributed by atoms with Gasteiger partial charge in [0.2, 0.25) is 0 Å². The summed E-state index contributed by atoms with van der Waals surface area (Å²) in [5.74, 6) is 0.770. The lowest BCUT2D eigenvalue weighted by Crippen LogP contribution is -2.06. The molecule has 0 N–H and O–H groups in total. The zero-order valence-corrected chi connectivity index (χ0v) is 10.5. The third-order valence-corrected chi connectivity index (χ3v) is 2.71. The van der Waals surface area contributed by atoms with Crippen LogP contribution < -0.4 is 4.74 Å². The van der Waals surface area contributed by atoms with Gasteiger partial charge < -0.3 is 9.53 Å². The monoisotopic (exact) mass is 270 g/mol. The van der Waals surface area contributed by atoms with Crippen LogP contribution >= 0.6 is 15.9 Å². The third kappa shape index (κ3) is 3.67. The van der Waals surface area contributed by atoms with Crippen molar-refractivity contribution in [2.75, 3.05) is 5.33 Å². The topological polar surface area (TPSA) is 26.3 Å². The van der Waals surface area contributed by atoms with Crippen LogP contribution in [0.25, 0.3) is 0 Å². The number of aldehydes is 1. The zero-order valence-electron chi connectivity index (χ0n) is 8.94. The van der Waals surface area contributed by atoms with E-state index in [4.69, 9.17) is 4.74 Å². The molecule has 0 aliphatic rings. The molecule has 0 aliphatic heterocycles. The van der Waals surface area contributed by atoms with E-state index in [1.165, 1.54) is 0 Å². The molecule has 0 amide bonds. The SMILES string of the molecule is CC(C)Oc1ccc(C(C=O)CBr)cc1. The van der Waals surface area contributed by atoms with Crippen LogP contribution in [0.3, 0.4) is 0 Å². The second-order valence-electron chi connectivity index (χ2n) is 3.63. The number of hydrogen-bond donors (Lipinski definition) is 0. The standard InChI is InChI=1S/C12H15BrO2/c1-9(2)15-12-5-3-10(4-6-12)11(7-13)8-14/h3-6,8-9,11H,7H2,1-2H3. The molecule has 1 unspecified atom stereocenters. The molecular weight excluding hydrogens is 256 g/mol. The Morgan fingerprint density at radius 2 is 1.93 bits per heavy atom. The fourth-order valence-electron chi connectivity index (χ4n) is 1.27. The number of hydrogen-bond acceptors (Lipinski definition) is 2. The molecule has 0 radical (unpaired) electrons. The molecule has 82 valence electrons. The molecule has 0 spiro atoms. The molecule has 1 atom stereocenters. The summed E-state index contributed by atoms with van der Waals surface area (Å²) in [6.45, 7) is 3.97. The Balaban J connectivity index is 2.75. The summed E-state index contributed by atoms with van der Waals surface area (Å²) in [6.07, 6.45) is 1.13. The first kappa shape index (κ1) is 12.2. The fraction of sp³-hybridized carbons (Fsp3) is 0.417. The summed E-state index contributed by atoms with van der Waals surface area (Å²) >= 11 is 3.31. The van der Waals surface area contributed by atoms with Gasteiger partial charge in [0.1, 0.15) is 12.0 Å². The van der Waals surface area contributed by atoms with Crippen molar-refractivity contribution in [2.45, 2.75) is 25.9 Å². The zero-order chi connectivity index (χ0) is 11.3. The van der Waals surface area contributed by atoms with Crippen LogP contribution in [0, 0.1) is 0 Å². The van der Waals surface area contributed by atoms with Crippen LogP contribution in [-0.2, 0) is 4.79 Å². The molecule has 2 nitrogen and oxygen atoms in total. The smallest absolute Gasteiger partial charge is 0.128 e. The molecule has 0 heterocycles. The van der Waals surface area contributed by atoms with Crippen molar-refractivity contribution in [3.05, 3.63) is 29.8 Å². The summed E-state index contributed by atoms with van der Waals surface area (Å²) in [6, 6.07) is 7.65. The van der Waals surface area contributed by atoms with Crippen molar-refractivity contribution in [1.82, 2.24) is 0 Å². The summed E-state index contributed by atoms with van der Waals surface area (Å²) < 4.78 is 5.52. The second kappa shape index (κ2) is 5.91. The number of rotatable bonds is 5. The van der Waals surface area contributed by atoms with Gasteiger partial charge in [0.25, 0.3) is 0 Å². The molecule has 0 aliphatic carbocycles. The van der Waals surface area contributed by atoms with Crippen molar-refractivity contribution in [2.24, 2.45) is 0 Å². The van der Waals surface area contributed by atoms with E-state index >= 15 is 0 Å². The van der Waals surface area contributed by atoms with Gasteiger partial charge in [-0.05, 0) is 31.5 Å². The highest BCUT2D eigenvalue weighted by molar-refractivity contribution is 9.09. The van der Waals surface area contributed by atoms with Gasteiger partial charge in [-0.1, -0.05) is 28.1 Å². The first-order valence-electron chi connectivity index (χ1n) is 4.95. The molecule has 0 bridgehead atoms. The Kier molecular flexibility index (Phi) is 4.82. The van der Waals surface area contributed by atoms with Gasteiger partial charge in [-0.3, -0.25) is 0 Å². The molecule has 15 heavy (non-hydrogen) atoms. The minimum Gasteiger partial charge on any atom is -0.491 e. The van der Waals surface area contributed by atoms with Crippen molar-refractivity contribution < 1.29 is 9.53 Å². The average molecular weight is 271 g/mol. The van der Waals surface area contributed by atoms with Gasteiger partial charge in [0, 0.05) is 11.2 Å². The molecule has 1 aromatic rings. The Morgan fingerprint density at radius 3 is 2.33 bits per heavy atom. The quantitative estimate of drug-likeness (QED) is 0.607. The fourth-order valence-corrected chi connectivity index (χ4v) is 1.80. The summed E-state index contributed by atoms with van der Waals surface area (Å²) in [4.78, 5) is 10.7. The number of carbonyl (C=O) groups excluding carboxylic acids is 1. The van der Waals surface area contributed by atoms with E-state index in [0.717, 1.165) is 17.6 Å². The predicted octanol–water partition coefficient (Wildman–Crippen LogP) is 3.15. The average Bonchev–Trinajstić information content (AvgIpc) is 2.21. The summed E-state index contributed by atoms with van der Waals surface area (Å²) in [7, 11) is 0. The van der Waals surface area contributed by atoms with E-state index in [2.05, 4.69) is 15.9 Å². The Hall–Kier alpha value is -0.830. The molecule has 0 saturated heterocycles. The number of carbonyl (C=O) groups is 1. The van der Waals surface area contributed by atoms with Crippen molar-refractivity contribution >= 4 is 22.2 Å². The highest BCUT2D eigenvalue weighted by atomic mass is 79.9. The molecule has 0 aromatic heterocycles. The predicted molar refractivity (Wildman–Crippen MR) is 64.8 cm³/mol. The van der Waals surface area contributed by atoms with Gasteiger partial charge in [-0.25, -0.2) is 0 Å². The van der Waals surface area contributed by atoms with Crippen LogP contribution in [0.2, 0.25) is 0 Å². The van der Waals surface area contributed by atoms with Crippen LogP contribution in [0.5, 0.6) is 5.75 Å². The Bertz CT molecular complexity index is 306. The van der Waals surface area contributed by atoms with Crippen LogP contribution in [0.4, 0.5) is 0 Å². The first-order chi connectivity index (χ1) is 7.17. The minimum atomic E-state index is -0.0712. The Morgan fingerprint density at radius 1 is 1.33 bits per heavy atom. The lowest BCUT2D eigenvalue weighted by atomic mass is 10.0. The van der Waals surface area contributed by atoms with E-state index < -0.39 is 0 Å². The summed E-state index contributed by atoms with van der Waals surface area (Å²) in [5, 5.41) is 0.654. The number of alkyl halides is 1. The Labute approximate surface area is 98.8 Å². The molecular formula is C12H15BrO2. The highest BCUT2D eigenvalue weighted by Gasteiger charge is 2.08. The lowest BCUT2D eigenvalue weighted by Gasteiger charge is -2.11. The van der Waals surface area contributed by atoms with Gasteiger partial charge in [-0.2, -0.15) is 0 Å². The van der Waals surface area contributed by atoms with Gasteiger partial charge >= 0.3 is 0 Å². The molecule has 0 saturated carbocycles. The summed E-state index contributed by atoms with van der Waals surface area (Å²) in [5.41, 5.74) is 1.01. The van der Waals surface area contributed by atoms with E-state index in [-0.39, 0.29) is 12.0 Å². The van der Waals surface area contributed by atoms with Crippen molar-refractivity contribution in [1.29, 1.82) is 0 Å². The van der Waals surface area contributed by atoms with E-state index in [0.29, 0.717) is 5.33 Å². The highest BCUT2D eigenvalue weighted by Crippen LogP contribution is 2.20. The van der Waals surface area contributed by atoms with E-state index in [1.807, 2.05) is 38.1 Å². The van der Waals surface area contributed by atoms with Crippen LogP contribution in [-0.4, -0.2) is 17.7 Å². The van der Waals surface area contributed by atoms with Crippen LogP contribution in [0.1, 0.15) is 25.3 Å². The number of ether oxygens (including phenoxy) is 1. The molecule has 1 aromatic carbocycles. The van der Waals surface area contributed by atoms with Gasteiger partial charge in [-0.15, -0.1) is 0 Å². The molecule has 3 heteroatoms.